The van der Waals surface area contributed by atoms with Gasteiger partial charge in [-0.2, -0.15) is 0 Å². The Balaban J connectivity index is 2.51. The van der Waals surface area contributed by atoms with Gasteiger partial charge in [0.2, 0.25) is 10.0 Å². The van der Waals surface area contributed by atoms with Crippen LogP contribution in [0.15, 0.2) is 24.3 Å². The zero-order chi connectivity index (χ0) is 15.9. The summed E-state index contributed by atoms with van der Waals surface area (Å²) in [5.74, 6) is -2.58. The molecular weight excluding hydrogens is 298 g/mol. The summed E-state index contributed by atoms with van der Waals surface area (Å²) in [6.45, 7) is 1.79. The smallest absolute Gasteiger partial charge is 0.335 e. The van der Waals surface area contributed by atoms with Gasteiger partial charge in [-0.25, -0.2) is 17.9 Å². The molecular formula is C13H17NO6S. The fourth-order valence-electron chi connectivity index (χ4n) is 1.62. The number of hydrogen-bond donors (Lipinski definition) is 2. The van der Waals surface area contributed by atoms with Gasteiger partial charge in [0.1, 0.15) is 0 Å². The maximum atomic E-state index is 11.6. The van der Waals surface area contributed by atoms with Crippen molar-refractivity contribution in [3.8, 4) is 0 Å². The number of hydrogen-bond acceptors (Lipinski definition) is 5. The average Bonchev–Trinajstić information content (AvgIpc) is 2.38. The fourth-order valence-corrected chi connectivity index (χ4v) is 2.53. The second-order valence-corrected chi connectivity index (χ2v) is 6.02. The zero-order valence-corrected chi connectivity index (χ0v) is 12.4. The largest absolute Gasteiger partial charge is 0.478 e. The molecule has 2 N–H and O–H groups in total. The number of carbonyl (C=O) groups excluding carboxylic acids is 1. The SMILES string of the molecule is CCOC(=O)CS(=O)(=O)NCCc1cccc(C(=O)O)c1. The molecule has 0 aliphatic rings. The van der Waals surface area contributed by atoms with Crippen LogP contribution in [-0.4, -0.2) is 44.4 Å². The average molecular weight is 315 g/mol. The summed E-state index contributed by atoms with van der Waals surface area (Å²) < 4.78 is 30.0. The first-order valence-corrected chi connectivity index (χ1v) is 7.94. The van der Waals surface area contributed by atoms with E-state index in [-0.39, 0.29) is 18.7 Å². The van der Waals surface area contributed by atoms with Crippen LogP contribution in [0.25, 0.3) is 0 Å². The number of carboxylic acid groups (broad SMARTS) is 1. The van der Waals surface area contributed by atoms with E-state index in [4.69, 9.17) is 5.11 Å². The van der Waals surface area contributed by atoms with Crippen LogP contribution in [0.3, 0.4) is 0 Å². The van der Waals surface area contributed by atoms with E-state index in [2.05, 4.69) is 9.46 Å². The molecule has 0 amide bonds. The first kappa shape index (κ1) is 17.1. The third-order valence-electron chi connectivity index (χ3n) is 2.52. The summed E-state index contributed by atoms with van der Waals surface area (Å²) in [6.07, 6.45) is 0.323. The lowest BCUT2D eigenvalue weighted by atomic mass is 10.1. The van der Waals surface area contributed by atoms with Gasteiger partial charge in [-0.05, 0) is 31.0 Å². The van der Waals surface area contributed by atoms with Gasteiger partial charge in [0.05, 0.1) is 12.2 Å². The molecule has 7 nitrogen and oxygen atoms in total. The molecule has 8 heteroatoms. The summed E-state index contributed by atoms with van der Waals surface area (Å²) in [5, 5.41) is 8.85. The summed E-state index contributed by atoms with van der Waals surface area (Å²) in [5.41, 5.74) is 0.829. The van der Waals surface area contributed by atoms with Crippen LogP contribution < -0.4 is 4.72 Å². The molecule has 0 aliphatic heterocycles. The monoisotopic (exact) mass is 315 g/mol. The topological polar surface area (TPSA) is 110 Å². The lowest BCUT2D eigenvalue weighted by Gasteiger charge is -2.07. The number of ether oxygens (including phenoxy) is 1. The summed E-state index contributed by atoms with van der Waals surface area (Å²) in [7, 11) is -3.74. The molecule has 1 rings (SSSR count). The van der Waals surface area contributed by atoms with Crippen LogP contribution in [-0.2, 0) is 26.0 Å². The van der Waals surface area contributed by atoms with E-state index in [0.29, 0.717) is 12.0 Å². The molecule has 0 aromatic heterocycles. The Kier molecular flexibility index (Phi) is 6.32. The molecule has 0 saturated heterocycles. The predicted octanol–water partition coefficient (Wildman–Crippen LogP) is 0.410. The fraction of sp³-hybridized carbons (Fsp3) is 0.385. The summed E-state index contributed by atoms with van der Waals surface area (Å²) >= 11 is 0. The number of sulfonamides is 1. The van der Waals surface area contributed by atoms with E-state index >= 15 is 0 Å². The van der Waals surface area contributed by atoms with E-state index < -0.39 is 27.7 Å². The Hall–Kier alpha value is -1.93. The van der Waals surface area contributed by atoms with E-state index in [1.165, 1.54) is 12.1 Å². The van der Waals surface area contributed by atoms with Crippen molar-refractivity contribution < 1.29 is 27.9 Å². The molecule has 0 heterocycles. The number of rotatable bonds is 8. The van der Waals surface area contributed by atoms with Crippen molar-refractivity contribution in [1.29, 1.82) is 0 Å². The lowest BCUT2D eigenvalue weighted by Crippen LogP contribution is -2.32. The minimum absolute atomic E-state index is 0.0742. The van der Waals surface area contributed by atoms with Crippen LogP contribution in [0.5, 0.6) is 0 Å². The van der Waals surface area contributed by atoms with Gasteiger partial charge in [-0.15, -0.1) is 0 Å². The van der Waals surface area contributed by atoms with Gasteiger partial charge in [0.25, 0.3) is 0 Å². The molecule has 1 aromatic rings. The number of benzene rings is 1. The van der Waals surface area contributed by atoms with E-state index in [0.717, 1.165) is 0 Å². The maximum Gasteiger partial charge on any atom is 0.335 e. The Morgan fingerprint density at radius 3 is 2.67 bits per heavy atom. The number of nitrogens with one attached hydrogen (secondary N) is 1. The third kappa shape index (κ3) is 6.37. The first-order valence-electron chi connectivity index (χ1n) is 6.29. The highest BCUT2D eigenvalue weighted by molar-refractivity contribution is 7.90. The molecule has 0 bridgehead atoms. The molecule has 0 saturated carbocycles. The summed E-state index contributed by atoms with van der Waals surface area (Å²) in [4.78, 5) is 21.9. The number of carboxylic acids is 1. The van der Waals surface area contributed by atoms with E-state index in [1.54, 1.807) is 19.1 Å². The van der Waals surface area contributed by atoms with Gasteiger partial charge in [-0.3, -0.25) is 4.79 Å². The van der Waals surface area contributed by atoms with Crippen LogP contribution >= 0.6 is 0 Å². The number of esters is 1. The molecule has 1 aromatic carbocycles. The third-order valence-corrected chi connectivity index (χ3v) is 3.78. The molecule has 0 unspecified atom stereocenters. The molecule has 116 valence electrons. The van der Waals surface area contributed by atoms with Gasteiger partial charge < -0.3 is 9.84 Å². The Labute approximate surface area is 123 Å². The minimum Gasteiger partial charge on any atom is -0.478 e. The second kappa shape index (κ2) is 7.75. The molecule has 0 fully saturated rings. The number of aromatic carboxylic acids is 1. The van der Waals surface area contributed by atoms with Crippen LogP contribution in [0, 0.1) is 0 Å². The van der Waals surface area contributed by atoms with Crippen LogP contribution in [0.2, 0.25) is 0 Å². The second-order valence-electron chi connectivity index (χ2n) is 4.21. The highest BCUT2D eigenvalue weighted by Gasteiger charge is 2.16. The quantitative estimate of drug-likeness (QED) is 0.672. The van der Waals surface area contributed by atoms with Gasteiger partial charge in [-0.1, -0.05) is 12.1 Å². The Morgan fingerprint density at radius 1 is 1.33 bits per heavy atom. The normalized spacial score (nSPS) is 11.1. The van der Waals surface area contributed by atoms with Crippen molar-refractivity contribution in [1.82, 2.24) is 4.72 Å². The van der Waals surface area contributed by atoms with E-state index in [9.17, 15) is 18.0 Å². The van der Waals surface area contributed by atoms with Crippen LogP contribution in [0.1, 0.15) is 22.8 Å². The highest BCUT2D eigenvalue weighted by Crippen LogP contribution is 2.06. The van der Waals surface area contributed by atoms with E-state index in [1.807, 2.05) is 0 Å². The van der Waals surface area contributed by atoms with Crippen molar-refractivity contribution in [2.24, 2.45) is 0 Å². The zero-order valence-electron chi connectivity index (χ0n) is 11.5. The maximum absolute atomic E-state index is 11.6. The van der Waals surface area contributed by atoms with Gasteiger partial charge in [0.15, 0.2) is 5.75 Å². The molecule has 21 heavy (non-hydrogen) atoms. The van der Waals surface area contributed by atoms with Crippen LogP contribution in [0.4, 0.5) is 0 Å². The molecule has 0 aliphatic carbocycles. The predicted molar refractivity (Wildman–Crippen MR) is 75.5 cm³/mol. The summed E-state index contributed by atoms with van der Waals surface area (Å²) in [6, 6.07) is 6.22. The standard InChI is InChI=1S/C13H17NO6S/c1-2-20-12(15)9-21(18,19)14-7-6-10-4-3-5-11(8-10)13(16)17/h3-5,8,14H,2,6-7,9H2,1H3,(H,16,17). The van der Waals surface area contributed by atoms with Crippen molar-refractivity contribution in [2.75, 3.05) is 18.9 Å². The minimum atomic E-state index is -3.74. The van der Waals surface area contributed by atoms with Crippen molar-refractivity contribution in [3.63, 3.8) is 0 Å². The van der Waals surface area contributed by atoms with Crippen molar-refractivity contribution in [2.45, 2.75) is 13.3 Å². The molecule has 0 radical (unpaired) electrons. The lowest BCUT2D eigenvalue weighted by molar-refractivity contribution is -0.139. The Bertz CT molecular complexity index is 611. The van der Waals surface area contributed by atoms with Crippen molar-refractivity contribution >= 4 is 22.0 Å². The molecule has 0 atom stereocenters. The van der Waals surface area contributed by atoms with Gasteiger partial charge in [0, 0.05) is 6.54 Å². The Morgan fingerprint density at radius 2 is 2.05 bits per heavy atom. The molecule has 0 spiro atoms. The van der Waals surface area contributed by atoms with Gasteiger partial charge >= 0.3 is 11.9 Å². The van der Waals surface area contributed by atoms with Crippen molar-refractivity contribution in [3.05, 3.63) is 35.4 Å². The first-order chi connectivity index (χ1) is 9.84. The number of carbonyl (C=O) groups is 2. The highest BCUT2D eigenvalue weighted by atomic mass is 32.2.